The third kappa shape index (κ3) is 6.98. The first-order chi connectivity index (χ1) is 11.6. The van der Waals surface area contributed by atoms with Gasteiger partial charge in [-0.1, -0.05) is 6.92 Å². The van der Waals surface area contributed by atoms with Crippen molar-refractivity contribution in [2.24, 2.45) is 10.9 Å². The number of rotatable bonds is 9. The second kappa shape index (κ2) is 10.2. The van der Waals surface area contributed by atoms with Crippen LogP contribution in [0.25, 0.3) is 0 Å². The fourth-order valence-corrected chi connectivity index (χ4v) is 3.33. The molecule has 140 valence electrons. The number of likely N-dealkylation sites (N-methyl/N-ethyl adjacent to an activating group) is 1. The summed E-state index contributed by atoms with van der Waals surface area (Å²) in [5, 5.41) is 6.87. The van der Waals surface area contributed by atoms with Crippen molar-refractivity contribution in [1.29, 1.82) is 0 Å². The number of hydrogen-bond donors (Lipinski definition) is 2. The Labute approximate surface area is 149 Å². The lowest BCUT2D eigenvalue weighted by Crippen LogP contribution is -2.41. The van der Waals surface area contributed by atoms with Gasteiger partial charge < -0.3 is 15.5 Å². The van der Waals surface area contributed by atoms with Gasteiger partial charge in [0.25, 0.3) is 0 Å². The molecule has 5 heteroatoms. The number of piperidine rings is 1. The van der Waals surface area contributed by atoms with Crippen molar-refractivity contribution in [2.45, 2.75) is 65.0 Å². The van der Waals surface area contributed by atoms with Crippen molar-refractivity contribution in [1.82, 2.24) is 20.4 Å². The minimum Gasteiger partial charge on any atom is -0.357 e. The molecule has 2 aliphatic rings. The number of guanidine groups is 1. The predicted octanol–water partition coefficient (Wildman–Crippen LogP) is 2.15. The van der Waals surface area contributed by atoms with Crippen molar-refractivity contribution < 1.29 is 0 Å². The third-order valence-corrected chi connectivity index (χ3v) is 5.50. The SMILES string of the molecule is CCNC(=NCC(C)N(C)C1CC1)NCCCN1CCC(C)CC1. The van der Waals surface area contributed by atoms with Gasteiger partial charge in [-0.15, -0.1) is 0 Å². The average Bonchev–Trinajstić information content (AvgIpc) is 3.42. The van der Waals surface area contributed by atoms with Gasteiger partial charge in [0, 0.05) is 25.2 Å². The van der Waals surface area contributed by atoms with Crippen LogP contribution in [0.4, 0.5) is 0 Å². The summed E-state index contributed by atoms with van der Waals surface area (Å²) < 4.78 is 0. The standard InChI is InChI=1S/C19H39N5/c1-5-20-19(22-15-17(3)23(4)18-7-8-18)21-11-6-12-24-13-9-16(2)10-14-24/h16-18H,5-15H2,1-4H3,(H2,20,21,22). The van der Waals surface area contributed by atoms with Gasteiger partial charge in [0.15, 0.2) is 5.96 Å². The van der Waals surface area contributed by atoms with E-state index in [2.05, 4.69) is 48.3 Å². The molecule has 0 amide bonds. The summed E-state index contributed by atoms with van der Waals surface area (Å²) in [7, 11) is 2.23. The number of likely N-dealkylation sites (tertiary alicyclic amines) is 1. The minimum absolute atomic E-state index is 0.517. The maximum Gasteiger partial charge on any atom is 0.191 e. The first-order valence-corrected chi connectivity index (χ1v) is 10.1. The van der Waals surface area contributed by atoms with E-state index in [1.807, 2.05) is 0 Å². The van der Waals surface area contributed by atoms with E-state index in [4.69, 9.17) is 4.99 Å². The number of aliphatic imine (C=N–C) groups is 1. The molecule has 2 N–H and O–H groups in total. The van der Waals surface area contributed by atoms with Gasteiger partial charge in [-0.2, -0.15) is 0 Å². The van der Waals surface area contributed by atoms with Crippen molar-refractivity contribution in [3.63, 3.8) is 0 Å². The first-order valence-electron chi connectivity index (χ1n) is 10.1. The predicted molar refractivity (Wildman–Crippen MR) is 104 cm³/mol. The second-order valence-corrected chi connectivity index (χ2v) is 7.77. The Morgan fingerprint density at radius 2 is 1.92 bits per heavy atom. The molecule has 1 unspecified atom stereocenters. The first kappa shape index (κ1) is 19.5. The highest BCUT2D eigenvalue weighted by molar-refractivity contribution is 5.79. The molecule has 1 atom stereocenters. The molecule has 1 aliphatic carbocycles. The van der Waals surface area contributed by atoms with E-state index in [0.717, 1.165) is 37.6 Å². The van der Waals surface area contributed by atoms with Crippen molar-refractivity contribution in [3.05, 3.63) is 0 Å². The normalized spacial score (nSPS) is 22.0. The Hall–Kier alpha value is -0.810. The van der Waals surface area contributed by atoms with Crippen LogP contribution in [0, 0.1) is 5.92 Å². The number of nitrogens with zero attached hydrogens (tertiary/aromatic N) is 3. The Balaban J connectivity index is 1.63. The van der Waals surface area contributed by atoms with Gasteiger partial charge in [0.2, 0.25) is 0 Å². The smallest absolute Gasteiger partial charge is 0.191 e. The van der Waals surface area contributed by atoms with Gasteiger partial charge in [-0.3, -0.25) is 9.89 Å². The highest BCUT2D eigenvalue weighted by Gasteiger charge is 2.28. The Kier molecular flexibility index (Phi) is 8.33. The number of nitrogens with one attached hydrogen (secondary N) is 2. The number of hydrogen-bond acceptors (Lipinski definition) is 3. The Morgan fingerprint density at radius 1 is 1.21 bits per heavy atom. The highest BCUT2D eigenvalue weighted by atomic mass is 15.2. The van der Waals surface area contributed by atoms with Crippen LogP contribution in [0.2, 0.25) is 0 Å². The molecule has 24 heavy (non-hydrogen) atoms. The quantitative estimate of drug-likeness (QED) is 0.384. The molecule has 0 radical (unpaired) electrons. The van der Waals surface area contributed by atoms with Gasteiger partial charge in [-0.05, 0) is 78.6 Å². The molecule has 2 rings (SSSR count). The molecule has 1 saturated carbocycles. The van der Waals surface area contributed by atoms with Crippen LogP contribution in [0.1, 0.15) is 52.9 Å². The van der Waals surface area contributed by atoms with Crippen molar-refractivity contribution in [3.8, 4) is 0 Å². The van der Waals surface area contributed by atoms with E-state index in [9.17, 15) is 0 Å². The summed E-state index contributed by atoms with van der Waals surface area (Å²) in [4.78, 5) is 9.86. The maximum atomic E-state index is 4.78. The van der Waals surface area contributed by atoms with E-state index in [1.165, 1.54) is 51.7 Å². The Morgan fingerprint density at radius 3 is 2.54 bits per heavy atom. The largest absolute Gasteiger partial charge is 0.357 e. The highest BCUT2D eigenvalue weighted by Crippen LogP contribution is 2.26. The van der Waals surface area contributed by atoms with E-state index in [-0.39, 0.29) is 0 Å². The lowest BCUT2D eigenvalue weighted by molar-refractivity contribution is 0.191. The lowest BCUT2D eigenvalue weighted by Gasteiger charge is -2.30. The molecule has 0 aromatic rings. The summed E-state index contributed by atoms with van der Waals surface area (Å²) in [6, 6.07) is 1.32. The summed E-state index contributed by atoms with van der Waals surface area (Å²) in [5.41, 5.74) is 0. The van der Waals surface area contributed by atoms with Gasteiger partial charge in [0.1, 0.15) is 0 Å². The molecule has 2 fully saturated rings. The molecule has 5 nitrogen and oxygen atoms in total. The van der Waals surface area contributed by atoms with Crippen LogP contribution in [0.5, 0.6) is 0 Å². The van der Waals surface area contributed by atoms with Crippen molar-refractivity contribution >= 4 is 5.96 Å². The molecule has 1 aliphatic heterocycles. The fraction of sp³-hybridized carbons (Fsp3) is 0.947. The average molecular weight is 338 g/mol. The molecule has 1 saturated heterocycles. The van der Waals surface area contributed by atoms with Gasteiger partial charge in [-0.25, -0.2) is 0 Å². The van der Waals surface area contributed by atoms with Crippen LogP contribution >= 0.6 is 0 Å². The van der Waals surface area contributed by atoms with Crippen LogP contribution in [0.15, 0.2) is 4.99 Å². The van der Waals surface area contributed by atoms with E-state index in [0.29, 0.717) is 6.04 Å². The summed E-state index contributed by atoms with van der Waals surface area (Å²) >= 11 is 0. The summed E-state index contributed by atoms with van der Waals surface area (Å²) in [6.07, 6.45) is 6.64. The summed E-state index contributed by atoms with van der Waals surface area (Å²) in [5.74, 6) is 1.89. The van der Waals surface area contributed by atoms with Gasteiger partial charge >= 0.3 is 0 Å². The third-order valence-electron chi connectivity index (χ3n) is 5.50. The topological polar surface area (TPSA) is 42.9 Å². The zero-order chi connectivity index (χ0) is 17.4. The molecule has 0 aromatic heterocycles. The van der Waals surface area contributed by atoms with E-state index >= 15 is 0 Å². The Bertz CT molecular complexity index is 372. The summed E-state index contributed by atoms with van der Waals surface area (Å²) in [6.45, 7) is 13.3. The molecular weight excluding hydrogens is 298 g/mol. The fourth-order valence-electron chi connectivity index (χ4n) is 3.33. The molecule has 0 aromatic carbocycles. The second-order valence-electron chi connectivity index (χ2n) is 7.77. The van der Waals surface area contributed by atoms with Crippen LogP contribution in [0.3, 0.4) is 0 Å². The minimum atomic E-state index is 0.517. The van der Waals surface area contributed by atoms with Gasteiger partial charge in [0.05, 0.1) is 6.54 Å². The molecule has 0 spiro atoms. The molecule has 1 heterocycles. The molecular formula is C19H39N5. The van der Waals surface area contributed by atoms with Crippen LogP contribution in [-0.2, 0) is 0 Å². The van der Waals surface area contributed by atoms with Crippen molar-refractivity contribution in [2.75, 3.05) is 46.3 Å². The monoisotopic (exact) mass is 337 g/mol. The van der Waals surface area contributed by atoms with Crippen LogP contribution < -0.4 is 10.6 Å². The maximum absolute atomic E-state index is 4.78. The lowest BCUT2D eigenvalue weighted by atomic mass is 9.99. The zero-order valence-corrected chi connectivity index (χ0v) is 16.4. The zero-order valence-electron chi connectivity index (χ0n) is 16.4. The van der Waals surface area contributed by atoms with E-state index < -0.39 is 0 Å². The molecule has 0 bridgehead atoms. The van der Waals surface area contributed by atoms with E-state index in [1.54, 1.807) is 0 Å². The van der Waals surface area contributed by atoms with Crippen LogP contribution in [-0.4, -0.2) is 74.2 Å².